The van der Waals surface area contributed by atoms with Gasteiger partial charge in [0.1, 0.15) is 18.2 Å². The Kier molecular flexibility index (Phi) is 5.35. The number of aliphatic hydroxyl groups excluding tert-OH is 3. The topological polar surface area (TPSA) is 98.5 Å². The van der Waals surface area contributed by atoms with Crippen molar-refractivity contribution in [3.8, 4) is 12.3 Å². The van der Waals surface area contributed by atoms with Crippen molar-refractivity contribution in [1.82, 2.24) is 9.97 Å². The van der Waals surface area contributed by atoms with Gasteiger partial charge in [-0.05, 0) is 36.2 Å². The first kappa shape index (κ1) is 20.2. The Morgan fingerprint density at radius 2 is 1.90 bits per heavy atom. The van der Waals surface area contributed by atoms with Gasteiger partial charge in [0.15, 0.2) is 11.6 Å². The second-order valence-corrected chi connectivity index (χ2v) is 7.32. The molecule has 6 nitrogen and oxygen atoms in total. The van der Waals surface area contributed by atoms with E-state index >= 15 is 0 Å². The van der Waals surface area contributed by atoms with Gasteiger partial charge in [-0.15, -0.1) is 6.42 Å². The molecular weight excluding hydrogens is 392 g/mol. The monoisotopic (exact) mass is 411 g/mol. The van der Waals surface area contributed by atoms with E-state index in [0.717, 1.165) is 12.1 Å². The highest BCUT2D eigenvalue weighted by Gasteiger charge is 2.45. The largest absolute Gasteiger partial charge is 0.390 e. The molecule has 0 spiro atoms. The molecule has 0 bridgehead atoms. The first-order valence-electron chi connectivity index (χ1n) is 9.36. The molecule has 4 rings (SSSR count). The maximum absolute atomic E-state index is 13.5. The van der Waals surface area contributed by atoms with Gasteiger partial charge in [-0.25, -0.2) is 18.7 Å². The van der Waals surface area contributed by atoms with Crippen LogP contribution in [0.3, 0.4) is 0 Å². The van der Waals surface area contributed by atoms with E-state index in [0.29, 0.717) is 22.3 Å². The summed E-state index contributed by atoms with van der Waals surface area (Å²) < 4.78 is 26.7. The Balaban J connectivity index is 1.59. The Morgan fingerprint density at radius 1 is 1.10 bits per heavy atom. The zero-order valence-electron chi connectivity index (χ0n) is 15.7. The van der Waals surface area contributed by atoms with Crippen LogP contribution in [0.15, 0.2) is 42.7 Å². The minimum Gasteiger partial charge on any atom is -0.390 e. The smallest absolute Gasteiger partial charge is 0.159 e. The second kappa shape index (κ2) is 7.95. The number of hydrogen-bond donors (Lipinski definition) is 4. The highest BCUT2D eigenvalue weighted by Crippen LogP contribution is 2.38. The zero-order valence-corrected chi connectivity index (χ0v) is 15.7. The molecule has 1 aromatic heterocycles. The lowest BCUT2D eigenvalue weighted by molar-refractivity contribution is -0.0222. The van der Waals surface area contributed by atoms with Crippen molar-refractivity contribution >= 4 is 16.7 Å². The minimum atomic E-state index is -1.29. The molecule has 3 unspecified atom stereocenters. The van der Waals surface area contributed by atoms with Gasteiger partial charge in [-0.2, -0.15) is 0 Å². The van der Waals surface area contributed by atoms with Gasteiger partial charge < -0.3 is 20.6 Å². The fourth-order valence-electron chi connectivity index (χ4n) is 3.96. The number of terminal acetylenes is 1. The predicted molar refractivity (Wildman–Crippen MR) is 106 cm³/mol. The quantitative estimate of drug-likeness (QED) is 0.491. The number of aromatic nitrogens is 2. The minimum absolute atomic E-state index is 0.122. The van der Waals surface area contributed by atoms with Gasteiger partial charge >= 0.3 is 0 Å². The van der Waals surface area contributed by atoms with Crippen LogP contribution in [0.5, 0.6) is 0 Å². The number of rotatable bonds is 4. The molecule has 30 heavy (non-hydrogen) atoms. The summed E-state index contributed by atoms with van der Waals surface area (Å²) >= 11 is 0. The summed E-state index contributed by atoms with van der Waals surface area (Å²) in [5, 5.41) is 35.4. The Bertz CT molecular complexity index is 1130. The van der Waals surface area contributed by atoms with Crippen molar-refractivity contribution in [3.05, 3.63) is 65.5 Å². The van der Waals surface area contributed by atoms with Gasteiger partial charge in [0.25, 0.3) is 0 Å². The number of anilines is 1. The van der Waals surface area contributed by atoms with Crippen LogP contribution < -0.4 is 5.32 Å². The van der Waals surface area contributed by atoms with Crippen LogP contribution in [0.25, 0.3) is 10.9 Å². The average molecular weight is 411 g/mol. The van der Waals surface area contributed by atoms with Crippen LogP contribution in [0.1, 0.15) is 23.7 Å². The first-order chi connectivity index (χ1) is 14.4. The molecular formula is C22H19F2N3O3. The maximum atomic E-state index is 13.5. The van der Waals surface area contributed by atoms with Gasteiger partial charge in [-0.3, -0.25) is 0 Å². The Hall–Kier alpha value is -3.12. The third kappa shape index (κ3) is 3.48. The highest BCUT2D eigenvalue weighted by molar-refractivity contribution is 5.92. The number of nitrogens with one attached hydrogen (secondary N) is 1. The zero-order chi connectivity index (χ0) is 21.4. The van der Waals surface area contributed by atoms with E-state index < -0.39 is 41.9 Å². The molecule has 1 aliphatic rings. The van der Waals surface area contributed by atoms with E-state index in [1.165, 1.54) is 12.4 Å². The molecule has 154 valence electrons. The fraction of sp³-hybridized carbons (Fsp3) is 0.273. The van der Waals surface area contributed by atoms with Crippen molar-refractivity contribution in [1.29, 1.82) is 0 Å². The third-order valence-corrected chi connectivity index (χ3v) is 5.56. The SMILES string of the molecule is C#Cc1cccc2c(NC3CC(C(O)c4ccc(F)c(F)c4)[C@@H](O)[C@H]3O)ncnc12. The van der Waals surface area contributed by atoms with Gasteiger partial charge in [0.05, 0.1) is 29.3 Å². The first-order valence-corrected chi connectivity index (χ1v) is 9.36. The number of halogens is 2. The molecule has 0 radical (unpaired) electrons. The summed E-state index contributed by atoms with van der Waals surface area (Å²) in [6.07, 6.45) is 3.25. The number of hydrogen-bond acceptors (Lipinski definition) is 6. The normalized spacial score (nSPS) is 24.5. The lowest BCUT2D eigenvalue weighted by Crippen LogP contribution is -2.36. The molecule has 5 atom stereocenters. The second-order valence-electron chi connectivity index (χ2n) is 7.32. The van der Waals surface area contributed by atoms with E-state index in [2.05, 4.69) is 21.2 Å². The van der Waals surface area contributed by atoms with Crippen LogP contribution in [-0.4, -0.2) is 43.5 Å². The molecule has 0 saturated heterocycles. The number of benzene rings is 2. The Morgan fingerprint density at radius 3 is 2.63 bits per heavy atom. The van der Waals surface area contributed by atoms with E-state index in [-0.39, 0.29) is 12.0 Å². The van der Waals surface area contributed by atoms with Crippen molar-refractivity contribution < 1.29 is 24.1 Å². The average Bonchev–Trinajstić information content (AvgIpc) is 3.03. The number of nitrogens with zero attached hydrogens (tertiary/aromatic N) is 2. The standard InChI is InChI=1S/C22H19F2N3O3/c1-2-11-4-3-5-13-18(11)25-10-26-22(13)27-17-9-14(20(29)21(17)30)19(28)12-6-7-15(23)16(24)8-12/h1,3-8,10,14,17,19-21,28-30H,9H2,(H,25,26,27)/t14?,17?,19?,20-,21+/m1/s1. The van der Waals surface area contributed by atoms with Crippen molar-refractivity contribution in [2.24, 2.45) is 5.92 Å². The van der Waals surface area contributed by atoms with Crippen LogP contribution in [0.4, 0.5) is 14.6 Å². The number of fused-ring (bicyclic) bond motifs is 1. The van der Waals surface area contributed by atoms with E-state index in [9.17, 15) is 24.1 Å². The maximum Gasteiger partial charge on any atom is 0.159 e. The summed E-state index contributed by atoms with van der Waals surface area (Å²) in [6, 6.07) is 7.71. The summed E-state index contributed by atoms with van der Waals surface area (Å²) in [5.74, 6) is 0.0700. The summed E-state index contributed by atoms with van der Waals surface area (Å²) in [7, 11) is 0. The lowest BCUT2D eigenvalue weighted by Gasteiger charge is -2.22. The fourth-order valence-corrected chi connectivity index (χ4v) is 3.96. The number of aliphatic hydroxyl groups is 3. The van der Waals surface area contributed by atoms with Crippen LogP contribution in [-0.2, 0) is 0 Å². The molecule has 1 heterocycles. The summed E-state index contributed by atoms with van der Waals surface area (Å²) in [4.78, 5) is 8.43. The van der Waals surface area contributed by atoms with Crippen LogP contribution in [0.2, 0.25) is 0 Å². The molecule has 3 aromatic rings. The number of para-hydroxylation sites is 1. The molecule has 4 N–H and O–H groups in total. The Labute approximate surface area is 171 Å². The van der Waals surface area contributed by atoms with Crippen LogP contribution in [0, 0.1) is 29.9 Å². The summed E-state index contributed by atoms with van der Waals surface area (Å²) in [5.41, 5.74) is 1.29. The van der Waals surface area contributed by atoms with Crippen molar-refractivity contribution in [2.75, 3.05) is 5.32 Å². The molecule has 1 aliphatic carbocycles. The van der Waals surface area contributed by atoms with E-state index in [1.54, 1.807) is 18.2 Å². The van der Waals surface area contributed by atoms with Gasteiger partial charge in [0, 0.05) is 11.3 Å². The molecule has 8 heteroatoms. The van der Waals surface area contributed by atoms with Crippen molar-refractivity contribution in [2.45, 2.75) is 30.8 Å². The molecule has 0 amide bonds. The molecule has 1 fully saturated rings. The van der Waals surface area contributed by atoms with Crippen molar-refractivity contribution in [3.63, 3.8) is 0 Å². The highest BCUT2D eigenvalue weighted by atomic mass is 19.2. The lowest BCUT2D eigenvalue weighted by atomic mass is 9.92. The molecule has 1 saturated carbocycles. The third-order valence-electron chi connectivity index (χ3n) is 5.56. The van der Waals surface area contributed by atoms with Gasteiger partial charge in [0.2, 0.25) is 0 Å². The van der Waals surface area contributed by atoms with Gasteiger partial charge in [-0.1, -0.05) is 18.1 Å². The summed E-state index contributed by atoms with van der Waals surface area (Å²) in [6.45, 7) is 0. The molecule has 0 aliphatic heterocycles. The predicted octanol–water partition coefficient (Wildman–Crippen LogP) is 2.15. The molecule has 2 aromatic carbocycles. The van der Waals surface area contributed by atoms with Crippen LogP contribution >= 0.6 is 0 Å². The van der Waals surface area contributed by atoms with E-state index in [1.807, 2.05) is 0 Å². The van der Waals surface area contributed by atoms with E-state index in [4.69, 9.17) is 6.42 Å².